The molecule has 1 atom stereocenters. The van der Waals surface area contributed by atoms with Gasteiger partial charge in [0.2, 0.25) is 0 Å². The monoisotopic (exact) mass is 211 g/mol. The van der Waals surface area contributed by atoms with E-state index in [1.54, 1.807) is 0 Å². The first kappa shape index (κ1) is 10.9. The molecule has 3 heteroatoms. The summed E-state index contributed by atoms with van der Waals surface area (Å²) in [6.07, 6.45) is 6.64. The summed E-state index contributed by atoms with van der Waals surface area (Å²) in [6.45, 7) is 2.37. The third kappa shape index (κ3) is 1.89. The van der Waals surface area contributed by atoms with Crippen LogP contribution in [0.2, 0.25) is 0 Å². The Morgan fingerprint density at radius 3 is 2.33 bits per heavy atom. The van der Waals surface area contributed by atoms with Crippen molar-refractivity contribution in [2.45, 2.75) is 51.5 Å². The third-order valence-electron chi connectivity index (χ3n) is 4.34. The molecule has 3 nitrogen and oxygen atoms in total. The van der Waals surface area contributed by atoms with E-state index in [1.165, 1.54) is 12.8 Å². The number of carbonyl (C=O) groups is 1. The maximum atomic E-state index is 11.5. The molecule has 0 aromatic heterocycles. The zero-order chi connectivity index (χ0) is 10.9. The topological polar surface area (TPSA) is 52.3 Å². The minimum atomic E-state index is 0.000227. The van der Waals surface area contributed by atoms with Gasteiger partial charge in [0, 0.05) is 6.04 Å². The van der Waals surface area contributed by atoms with Gasteiger partial charge in [0.25, 0.3) is 0 Å². The van der Waals surface area contributed by atoms with Crippen LogP contribution in [-0.2, 0) is 9.53 Å². The quantitative estimate of drug-likeness (QED) is 0.709. The van der Waals surface area contributed by atoms with Gasteiger partial charge in [0.1, 0.15) is 0 Å². The molecule has 2 aliphatic carbocycles. The second-order valence-corrected chi connectivity index (χ2v) is 5.03. The van der Waals surface area contributed by atoms with Gasteiger partial charge in [-0.25, -0.2) is 0 Å². The molecule has 0 aliphatic heterocycles. The highest BCUT2D eigenvalue weighted by Crippen LogP contribution is 2.51. The third-order valence-corrected chi connectivity index (χ3v) is 4.34. The van der Waals surface area contributed by atoms with Gasteiger partial charge in [0.05, 0.1) is 12.5 Å². The molecule has 15 heavy (non-hydrogen) atoms. The van der Waals surface area contributed by atoms with E-state index < -0.39 is 0 Å². The lowest BCUT2D eigenvalue weighted by Crippen LogP contribution is -2.52. The first-order valence-corrected chi connectivity index (χ1v) is 6.10. The highest BCUT2D eigenvalue weighted by molar-refractivity contribution is 5.72. The highest BCUT2D eigenvalue weighted by atomic mass is 16.5. The van der Waals surface area contributed by atoms with Crippen molar-refractivity contribution < 1.29 is 9.53 Å². The average molecular weight is 211 g/mol. The Labute approximate surface area is 91.4 Å². The molecule has 2 fully saturated rings. The average Bonchev–Trinajstić information content (AvgIpc) is 2.27. The Morgan fingerprint density at radius 1 is 1.33 bits per heavy atom. The van der Waals surface area contributed by atoms with E-state index in [9.17, 15) is 4.79 Å². The fourth-order valence-electron chi connectivity index (χ4n) is 3.03. The second-order valence-electron chi connectivity index (χ2n) is 5.03. The van der Waals surface area contributed by atoms with Gasteiger partial charge >= 0.3 is 5.97 Å². The lowest BCUT2D eigenvalue weighted by molar-refractivity contribution is -0.150. The maximum Gasteiger partial charge on any atom is 0.308 e. The Balaban J connectivity index is 1.84. The van der Waals surface area contributed by atoms with E-state index in [0.29, 0.717) is 18.1 Å². The van der Waals surface area contributed by atoms with Crippen molar-refractivity contribution in [2.75, 3.05) is 6.61 Å². The van der Waals surface area contributed by atoms with Crippen LogP contribution in [0.25, 0.3) is 0 Å². The fraction of sp³-hybridized carbons (Fsp3) is 0.917. The van der Waals surface area contributed by atoms with Crippen LogP contribution in [-0.4, -0.2) is 18.6 Å². The number of hydrogen-bond donors (Lipinski definition) is 1. The maximum absolute atomic E-state index is 11.5. The van der Waals surface area contributed by atoms with Crippen LogP contribution < -0.4 is 5.73 Å². The van der Waals surface area contributed by atoms with Crippen molar-refractivity contribution in [3.8, 4) is 0 Å². The lowest BCUT2D eigenvalue weighted by Gasteiger charge is -2.51. The summed E-state index contributed by atoms with van der Waals surface area (Å²) >= 11 is 0. The van der Waals surface area contributed by atoms with Gasteiger partial charge in [-0.1, -0.05) is 0 Å². The van der Waals surface area contributed by atoms with Gasteiger partial charge in [-0.3, -0.25) is 4.79 Å². The number of carbonyl (C=O) groups excluding carboxylic acids is 1. The normalized spacial score (nSPS) is 39.9. The second kappa shape index (κ2) is 4.12. The van der Waals surface area contributed by atoms with E-state index in [1.807, 2.05) is 6.92 Å². The summed E-state index contributed by atoms with van der Waals surface area (Å²) in [6, 6.07) is 0.389. The molecule has 0 heterocycles. The van der Waals surface area contributed by atoms with Crippen molar-refractivity contribution in [3.63, 3.8) is 0 Å². The van der Waals surface area contributed by atoms with Crippen molar-refractivity contribution in [1.82, 2.24) is 0 Å². The van der Waals surface area contributed by atoms with E-state index in [0.717, 1.165) is 25.7 Å². The summed E-state index contributed by atoms with van der Waals surface area (Å²) in [5, 5.41) is 0. The van der Waals surface area contributed by atoms with E-state index >= 15 is 0 Å². The Kier molecular flexibility index (Phi) is 3.01. The van der Waals surface area contributed by atoms with Crippen LogP contribution in [0.5, 0.6) is 0 Å². The fourth-order valence-corrected chi connectivity index (χ4v) is 3.03. The molecule has 2 aliphatic rings. The molecule has 2 N–H and O–H groups in total. The van der Waals surface area contributed by atoms with Crippen LogP contribution in [0.1, 0.15) is 45.4 Å². The van der Waals surface area contributed by atoms with Gasteiger partial charge in [-0.15, -0.1) is 0 Å². The van der Waals surface area contributed by atoms with Crippen LogP contribution in [0.3, 0.4) is 0 Å². The molecule has 2 saturated carbocycles. The SMILES string of the molecule is CCOC(=O)C1CCC2(CC1)CCC2N. The Hall–Kier alpha value is -0.570. The molecule has 0 bridgehead atoms. The molecule has 86 valence electrons. The summed E-state index contributed by atoms with van der Waals surface area (Å²) in [4.78, 5) is 11.5. The largest absolute Gasteiger partial charge is 0.466 e. The molecule has 0 radical (unpaired) electrons. The lowest BCUT2D eigenvalue weighted by atomic mass is 9.56. The summed E-state index contributed by atoms with van der Waals surface area (Å²) in [5.74, 6) is 0.142. The number of ether oxygens (including phenoxy) is 1. The standard InChI is InChI=1S/C12H21NO2/c1-2-15-11(14)9-3-6-12(7-4-9)8-5-10(12)13/h9-10H,2-8,13H2,1H3. The van der Waals surface area contributed by atoms with Crippen LogP contribution in [0.15, 0.2) is 0 Å². The number of hydrogen-bond acceptors (Lipinski definition) is 3. The predicted octanol–water partition coefficient (Wildman–Crippen LogP) is 1.85. The zero-order valence-electron chi connectivity index (χ0n) is 9.50. The Bertz CT molecular complexity index is 244. The van der Waals surface area contributed by atoms with Gasteiger partial charge in [0.15, 0.2) is 0 Å². The molecule has 0 amide bonds. The van der Waals surface area contributed by atoms with Gasteiger partial charge < -0.3 is 10.5 Å². The van der Waals surface area contributed by atoms with Crippen molar-refractivity contribution in [2.24, 2.45) is 17.1 Å². The first-order valence-electron chi connectivity index (χ1n) is 6.10. The number of esters is 1. The molecule has 1 spiro atoms. The minimum absolute atomic E-state index is 0.000227. The van der Waals surface area contributed by atoms with Crippen LogP contribution in [0.4, 0.5) is 0 Å². The van der Waals surface area contributed by atoms with Crippen molar-refractivity contribution in [3.05, 3.63) is 0 Å². The smallest absolute Gasteiger partial charge is 0.308 e. The van der Waals surface area contributed by atoms with Crippen molar-refractivity contribution in [1.29, 1.82) is 0 Å². The molecular formula is C12H21NO2. The van der Waals surface area contributed by atoms with E-state index in [-0.39, 0.29) is 11.9 Å². The van der Waals surface area contributed by atoms with Crippen LogP contribution >= 0.6 is 0 Å². The number of nitrogens with two attached hydrogens (primary N) is 1. The summed E-state index contributed by atoms with van der Waals surface area (Å²) < 4.78 is 5.06. The first-order chi connectivity index (χ1) is 7.18. The summed E-state index contributed by atoms with van der Waals surface area (Å²) in [5.41, 5.74) is 6.44. The molecular weight excluding hydrogens is 190 g/mol. The van der Waals surface area contributed by atoms with E-state index in [4.69, 9.17) is 10.5 Å². The highest BCUT2D eigenvalue weighted by Gasteiger charge is 2.47. The van der Waals surface area contributed by atoms with Gasteiger partial charge in [-0.05, 0) is 50.9 Å². The minimum Gasteiger partial charge on any atom is -0.466 e. The molecule has 2 rings (SSSR count). The van der Waals surface area contributed by atoms with Gasteiger partial charge in [-0.2, -0.15) is 0 Å². The molecule has 1 unspecified atom stereocenters. The van der Waals surface area contributed by atoms with E-state index in [2.05, 4.69) is 0 Å². The predicted molar refractivity (Wildman–Crippen MR) is 58.2 cm³/mol. The van der Waals surface area contributed by atoms with Crippen LogP contribution in [0, 0.1) is 11.3 Å². The molecule has 0 aromatic rings. The number of rotatable bonds is 2. The Morgan fingerprint density at radius 2 is 1.93 bits per heavy atom. The zero-order valence-corrected chi connectivity index (χ0v) is 9.50. The summed E-state index contributed by atoms with van der Waals surface area (Å²) in [7, 11) is 0. The molecule has 0 saturated heterocycles. The van der Waals surface area contributed by atoms with Crippen molar-refractivity contribution >= 4 is 5.97 Å². The molecule has 0 aromatic carbocycles.